The Hall–Kier alpha value is 0.135. The van der Waals surface area contributed by atoms with E-state index in [0.717, 1.165) is 0 Å². The number of hydrogen-bond donors (Lipinski definition) is 1. The minimum atomic E-state index is -1.74. The first-order chi connectivity index (χ1) is 14.5. The van der Waals surface area contributed by atoms with Gasteiger partial charge in [0.25, 0.3) is 0 Å². The Morgan fingerprint density at radius 2 is 1.27 bits per heavy atom. The Labute approximate surface area is 211 Å². The van der Waals surface area contributed by atoms with Crippen LogP contribution in [0, 0.1) is 0 Å². The summed E-state index contributed by atoms with van der Waals surface area (Å²) in [6.45, 7) is 25.1. The summed E-state index contributed by atoms with van der Waals surface area (Å²) in [7, 11) is 13.9. The van der Waals surface area contributed by atoms with Crippen LogP contribution in [0.25, 0.3) is 0 Å². The summed E-state index contributed by atoms with van der Waals surface area (Å²) in [6.07, 6.45) is 0.473. The molecule has 1 rings (SSSR count). The number of carbonyl (C=O) groups is 1. The number of aliphatic hydroxyl groups excluding tert-OH is 1. The van der Waals surface area contributed by atoms with E-state index >= 15 is 0 Å². The van der Waals surface area contributed by atoms with Gasteiger partial charge in [0.1, 0.15) is 6.35 Å². The standard InChI is InChI=1S/C13H19BO2P.C6H15BOP.C5H13BP/c1-13(2,3)17(4,14)10-16-12(15)11-8-6-5-7-9-11;1-6(2,3)9(4,7)5-8;1-5(2,3)7(4)6/h5-9H,10H2,1-4H3;8H,5H2,1-4H3;7H,1-4H3/q3*+1. The molecule has 1 aromatic rings. The van der Waals surface area contributed by atoms with Crippen LogP contribution < -0.4 is 0 Å². The fraction of sp³-hybridized carbons (Fsp3) is 0.708. The summed E-state index contributed by atoms with van der Waals surface area (Å²) in [5.41, 5.74) is 0.571. The van der Waals surface area contributed by atoms with E-state index in [2.05, 4.69) is 69.0 Å². The van der Waals surface area contributed by atoms with Crippen LogP contribution in [0.2, 0.25) is 0 Å². The highest BCUT2D eigenvalue weighted by Crippen LogP contribution is 2.61. The Balaban J connectivity index is 0. The summed E-state index contributed by atoms with van der Waals surface area (Å²) in [5, 5.41) is 9.31. The molecule has 3 unspecified atom stereocenters. The molecule has 0 amide bonds. The van der Waals surface area contributed by atoms with Crippen molar-refractivity contribution in [3.05, 3.63) is 35.9 Å². The van der Waals surface area contributed by atoms with Gasteiger partial charge >= 0.3 is 28.7 Å². The molecule has 1 aromatic carbocycles. The number of aliphatic hydroxyl groups is 1. The average molecular weight is 509 g/mol. The van der Waals surface area contributed by atoms with E-state index < -0.39 is 22.1 Å². The van der Waals surface area contributed by atoms with Gasteiger partial charge in [0.2, 0.25) is 0 Å². The zero-order valence-electron chi connectivity index (χ0n) is 23.2. The third-order valence-corrected chi connectivity index (χ3v) is 15.8. The van der Waals surface area contributed by atoms with Gasteiger partial charge in [0.05, 0.1) is 21.0 Å². The third kappa shape index (κ3) is 14.3. The van der Waals surface area contributed by atoms with Crippen molar-refractivity contribution in [2.75, 3.05) is 32.7 Å². The number of rotatable bonds is 4. The van der Waals surface area contributed by atoms with Crippen molar-refractivity contribution < 1.29 is 14.6 Å². The molecular weight excluding hydrogens is 462 g/mol. The second-order valence-corrected chi connectivity index (χ2v) is 23.0. The van der Waals surface area contributed by atoms with Crippen molar-refractivity contribution in [2.45, 2.75) is 77.8 Å². The largest absolute Gasteiger partial charge is 0.428 e. The van der Waals surface area contributed by atoms with Gasteiger partial charge in [0, 0.05) is 27.1 Å². The van der Waals surface area contributed by atoms with Crippen LogP contribution in [-0.2, 0) is 4.74 Å². The lowest BCUT2D eigenvalue weighted by Crippen LogP contribution is -2.24. The maximum atomic E-state index is 11.8. The van der Waals surface area contributed by atoms with Gasteiger partial charge in [0.15, 0.2) is 6.35 Å². The molecular formula is C24H47B3O3P3+3. The summed E-state index contributed by atoms with van der Waals surface area (Å²) in [4.78, 5) is 11.8. The molecule has 0 bridgehead atoms. The minimum Gasteiger partial charge on any atom is -0.428 e. The van der Waals surface area contributed by atoms with E-state index in [0.29, 0.717) is 17.1 Å². The van der Waals surface area contributed by atoms with Crippen molar-refractivity contribution in [3.63, 3.8) is 0 Å². The molecule has 182 valence electrons. The molecule has 0 aromatic heterocycles. The molecule has 0 aliphatic heterocycles. The van der Waals surface area contributed by atoms with Crippen LogP contribution in [0.15, 0.2) is 30.3 Å². The summed E-state index contributed by atoms with van der Waals surface area (Å²) in [5.74, 6) is -0.300. The molecule has 0 aliphatic carbocycles. The average Bonchev–Trinajstić information content (AvgIpc) is 2.65. The maximum absolute atomic E-state index is 11.8. The number of benzene rings is 1. The van der Waals surface area contributed by atoms with Crippen LogP contribution in [0.1, 0.15) is 72.7 Å². The first-order valence-electron chi connectivity index (χ1n) is 11.2. The minimum absolute atomic E-state index is 0.00995. The molecule has 0 saturated heterocycles. The summed E-state index contributed by atoms with van der Waals surface area (Å²) < 4.78 is 5.30. The van der Waals surface area contributed by atoms with Gasteiger partial charge in [-0.15, -0.1) is 0 Å². The molecule has 1 N–H and O–H groups in total. The van der Waals surface area contributed by atoms with E-state index in [1.54, 1.807) is 12.1 Å². The monoisotopic (exact) mass is 509 g/mol. The van der Waals surface area contributed by atoms with E-state index in [9.17, 15) is 4.79 Å². The zero-order chi connectivity index (χ0) is 26.9. The van der Waals surface area contributed by atoms with Gasteiger partial charge in [-0.25, -0.2) is 4.79 Å². The Bertz CT molecular complexity index is 691. The van der Waals surface area contributed by atoms with Crippen molar-refractivity contribution in [1.29, 1.82) is 0 Å². The first kappa shape index (κ1) is 35.3. The van der Waals surface area contributed by atoms with Crippen molar-refractivity contribution >= 4 is 50.7 Å². The molecule has 6 radical (unpaired) electrons. The number of ether oxygens (including phenoxy) is 1. The Kier molecular flexibility index (Phi) is 15.0. The predicted molar refractivity (Wildman–Crippen MR) is 160 cm³/mol. The van der Waals surface area contributed by atoms with Crippen LogP contribution in [-0.4, -0.2) is 81.9 Å². The third-order valence-electron chi connectivity index (χ3n) is 6.02. The van der Waals surface area contributed by atoms with Crippen molar-refractivity contribution in [3.8, 4) is 0 Å². The van der Waals surface area contributed by atoms with Gasteiger partial charge in [-0.1, -0.05) is 26.0 Å². The first-order valence-corrected chi connectivity index (χ1v) is 18.3. The van der Waals surface area contributed by atoms with Gasteiger partial charge < -0.3 is 9.84 Å². The van der Waals surface area contributed by atoms with Crippen LogP contribution in [0.5, 0.6) is 0 Å². The lowest BCUT2D eigenvalue weighted by atomic mass is 10.2. The van der Waals surface area contributed by atoms with Crippen molar-refractivity contribution in [1.82, 2.24) is 0 Å². The molecule has 0 fully saturated rings. The maximum Gasteiger partial charge on any atom is 0.369 e. The number of carbonyl (C=O) groups excluding carboxylic acids is 1. The van der Waals surface area contributed by atoms with E-state index in [-0.39, 0.29) is 22.6 Å². The topological polar surface area (TPSA) is 46.5 Å². The van der Waals surface area contributed by atoms with Crippen LogP contribution in [0.3, 0.4) is 0 Å². The summed E-state index contributed by atoms with van der Waals surface area (Å²) >= 11 is 0. The van der Waals surface area contributed by atoms with Gasteiger partial charge in [-0.2, -0.15) is 0 Å². The van der Waals surface area contributed by atoms with Gasteiger partial charge in [-0.05, 0) is 81.6 Å². The smallest absolute Gasteiger partial charge is 0.369 e. The van der Waals surface area contributed by atoms with Crippen LogP contribution in [0.4, 0.5) is 0 Å². The van der Waals surface area contributed by atoms with E-state index in [1.807, 2.05) is 31.5 Å². The highest BCUT2D eigenvalue weighted by molar-refractivity contribution is 7.98. The van der Waals surface area contributed by atoms with Gasteiger partial charge in [-0.3, -0.25) is 0 Å². The highest BCUT2D eigenvalue weighted by atomic mass is 31.2. The molecule has 9 heteroatoms. The molecule has 3 nitrogen and oxygen atoms in total. The molecule has 0 aliphatic rings. The molecule has 0 spiro atoms. The zero-order valence-corrected chi connectivity index (χ0v) is 26.0. The summed E-state index contributed by atoms with van der Waals surface area (Å²) in [6, 6.07) is 8.98. The number of hydrogen-bond acceptors (Lipinski definition) is 3. The normalized spacial score (nSPS) is 16.5. The molecule has 0 heterocycles. The number of esters is 1. The highest BCUT2D eigenvalue weighted by Gasteiger charge is 2.41. The molecule has 33 heavy (non-hydrogen) atoms. The van der Waals surface area contributed by atoms with E-state index in [1.165, 1.54) is 0 Å². The fourth-order valence-corrected chi connectivity index (χ4v) is 2.45. The predicted octanol–water partition coefficient (Wildman–Crippen LogP) is 6.51. The Morgan fingerprint density at radius 1 is 0.909 bits per heavy atom. The van der Waals surface area contributed by atoms with E-state index in [4.69, 9.17) is 32.5 Å². The second-order valence-electron chi connectivity index (χ2n) is 11.9. The fourth-order valence-electron chi connectivity index (χ4n) is 1.26. The lowest BCUT2D eigenvalue weighted by Gasteiger charge is -2.31. The Morgan fingerprint density at radius 3 is 1.52 bits per heavy atom. The molecule has 3 atom stereocenters. The molecule has 0 saturated carbocycles. The SMILES string of the molecule is [B][P+](C)(CO)C(C)(C)C.[B][P+](C)(COC(=O)c1ccccc1)C(C)(C)C.[B][PH+](C)C(C)(C)C. The lowest BCUT2D eigenvalue weighted by molar-refractivity contribution is 0.0573. The quantitative estimate of drug-likeness (QED) is 0.286. The second kappa shape index (κ2) is 14.0. The van der Waals surface area contributed by atoms with Crippen LogP contribution >= 0.6 is 22.1 Å². The van der Waals surface area contributed by atoms with Crippen molar-refractivity contribution in [2.24, 2.45) is 0 Å².